The van der Waals surface area contributed by atoms with Crippen molar-refractivity contribution in [1.29, 1.82) is 0 Å². The van der Waals surface area contributed by atoms with E-state index >= 15 is 0 Å². The molecule has 0 unspecified atom stereocenters. The number of halogens is 3. The quantitative estimate of drug-likeness (QED) is 0.375. The molecule has 0 N–H and O–H groups in total. The van der Waals surface area contributed by atoms with Gasteiger partial charge >= 0.3 is 6.18 Å². The van der Waals surface area contributed by atoms with Crippen molar-refractivity contribution in [3.63, 3.8) is 0 Å². The van der Waals surface area contributed by atoms with Crippen molar-refractivity contribution < 1.29 is 18.0 Å². The number of aromatic nitrogens is 2. The minimum absolute atomic E-state index is 0.0489. The molecule has 0 aliphatic carbocycles. The Balaban J connectivity index is 1.77. The summed E-state index contributed by atoms with van der Waals surface area (Å²) in [6.45, 7) is 2.19. The van der Waals surface area contributed by atoms with Crippen molar-refractivity contribution in [3.05, 3.63) is 89.2 Å². The van der Waals surface area contributed by atoms with E-state index < -0.39 is 17.6 Å². The van der Waals surface area contributed by atoms with E-state index in [2.05, 4.69) is 16.9 Å². The van der Waals surface area contributed by atoms with Crippen molar-refractivity contribution in [1.82, 2.24) is 9.97 Å². The molecule has 0 saturated heterocycles. The summed E-state index contributed by atoms with van der Waals surface area (Å²) in [5.74, 6) is -0.551. The number of rotatable bonds is 5. The van der Waals surface area contributed by atoms with E-state index in [0.717, 1.165) is 39.9 Å². The van der Waals surface area contributed by atoms with E-state index in [1.165, 1.54) is 28.4 Å². The van der Waals surface area contributed by atoms with Crippen LogP contribution in [0.1, 0.15) is 34.0 Å². The maximum atomic E-state index is 13.3. The fourth-order valence-corrected chi connectivity index (χ4v) is 4.20. The Hall–Kier alpha value is -3.26. The number of nitrogens with zero attached hydrogens (tertiary/aromatic N) is 3. The van der Waals surface area contributed by atoms with Crippen molar-refractivity contribution in [3.8, 4) is 0 Å². The first-order valence-electron chi connectivity index (χ1n) is 9.62. The van der Waals surface area contributed by atoms with Gasteiger partial charge in [-0.05, 0) is 53.9 Å². The molecular formula is C23H18F3N3OS. The number of pyridine rings is 1. The van der Waals surface area contributed by atoms with Crippen LogP contribution in [-0.2, 0) is 19.1 Å². The second kappa shape index (κ2) is 8.47. The van der Waals surface area contributed by atoms with Crippen LogP contribution >= 0.6 is 11.3 Å². The summed E-state index contributed by atoms with van der Waals surface area (Å²) in [5, 5.41) is 0.425. The van der Waals surface area contributed by atoms with Crippen molar-refractivity contribution in [2.45, 2.75) is 26.1 Å². The normalized spacial score (nSPS) is 11.6. The molecule has 4 nitrogen and oxygen atoms in total. The first-order valence-corrected chi connectivity index (χ1v) is 10.4. The number of carbonyl (C=O) groups excluding carboxylic acids is 1. The number of fused-ring (bicyclic) bond motifs is 1. The highest BCUT2D eigenvalue weighted by Crippen LogP contribution is 2.33. The molecule has 0 aliphatic heterocycles. The zero-order valence-corrected chi connectivity index (χ0v) is 17.4. The van der Waals surface area contributed by atoms with Gasteiger partial charge in [0.15, 0.2) is 5.13 Å². The van der Waals surface area contributed by atoms with Gasteiger partial charge in [-0.2, -0.15) is 13.2 Å². The van der Waals surface area contributed by atoms with Crippen molar-refractivity contribution in [2.75, 3.05) is 4.90 Å². The number of thiazole rings is 1. The lowest BCUT2D eigenvalue weighted by Crippen LogP contribution is -2.30. The van der Waals surface area contributed by atoms with E-state index in [1.54, 1.807) is 18.5 Å². The molecule has 0 atom stereocenters. The summed E-state index contributed by atoms with van der Waals surface area (Å²) in [6, 6.07) is 13.9. The average Bonchev–Trinajstić information content (AvgIpc) is 3.20. The summed E-state index contributed by atoms with van der Waals surface area (Å²) in [4.78, 5) is 23.4. The second-order valence-corrected chi connectivity index (χ2v) is 7.99. The molecule has 2 aromatic heterocycles. The number of alkyl halides is 3. The molecule has 4 aromatic rings. The fourth-order valence-electron chi connectivity index (χ4n) is 3.18. The summed E-state index contributed by atoms with van der Waals surface area (Å²) >= 11 is 1.34. The van der Waals surface area contributed by atoms with Gasteiger partial charge in [0.25, 0.3) is 5.91 Å². The Kier molecular flexibility index (Phi) is 5.73. The number of hydrogen-bond acceptors (Lipinski definition) is 4. The SMILES string of the molecule is CCc1ccc2nc(N(Cc3cccnc3)C(=O)c3cccc(C(F)(F)F)c3)sc2c1. The summed E-state index contributed by atoms with van der Waals surface area (Å²) in [5.41, 5.74) is 1.72. The van der Waals surface area contributed by atoms with Crippen LogP contribution in [0.3, 0.4) is 0 Å². The largest absolute Gasteiger partial charge is 0.416 e. The van der Waals surface area contributed by atoms with Crippen molar-refractivity contribution in [2.24, 2.45) is 0 Å². The molecule has 2 aromatic carbocycles. The van der Waals surface area contributed by atoms with Crippen molar-refractivity contribution >= 4 is 32.6 Å². The molecule has 31 heavy (non-hydrogen) atoms. The second-order valence-electron chi connectivity index (χ2n) is 6.98. The Morgan fingerprint density at radius 2 is 1.90 bits per heavy atom. The number of hydrogen-bond donors (Lipinski definition) is 0. The number of amides is 1. The van der Waals surface area contributed by atoms with Gasteiger partial charge in [0.2, 0.25) is 0 Å². The molecule has 4 rings (SSSR count). The molecule has 1 amide bonds. The van der Waals surface area contributed by atoms with Gasteiger partial charge in [-0.1, -0.05) is 36.5 Å². The number of anilines is 1. The lowest BCUT2D eigenvalue weighted by atomic mass is 10.1. The topological polar surface area (TPSA) is 46.1 Å². The summed E-state index contributed by atoms with van der Waals surface area (Å²) in [6.07, 6.45) is -0.427. The maximum Gasteiger partial charge on any atom is 0.416 e. The molecule has 0 radical (unpaired) electrons. The van der Waals surface area contributed by atoms with Gasteiger partial charge < -0.3 is 0 Å². The monoisotopic (exact) mass is 441 g/mol. The zero-order valence-electron chi connectivity index (χ0n) is 16.6. The molecule has 0 aliphatic rings. The van der Waals surface area contributed by atoms with E-state index in [0.29, 0.717) is 5.13 Å². The lowest BCUT2D eigenvalue weighted by Gasteiger charge is -2.20. The maximum absolute atomic E-state index is 13.3. The Morgan fingerprint density at radius 1 is 1.06 bits per heavy atom. The van der Waals surface area contributed by atoms with Gasteiger partial charge in [0, 0.05) is 18.0 Å². The van der Waals surface area contributed by atoms with Gasteiger partial charge in [-0.3, -0.25) is 14.7 Å². The Bertz CT molecular complexity index is 1220. The molecular weight excluding hydrogens is 423 g/mol. The third kappa shape index (κ3) is 4.59. The van der Waals surface area contributed by atoms with E-state index in [-0.39, 0.29) is 12.1 Å². The highest BCUT2D eigenvalue weighted by Gasteiger charge is 2.32. The highest BCUT2D eigenvalue weighted by atomic mass is 32.1. The first-order chi connectivity index (χ1) is 14.8. The van der Waals surface area contributed by atoms with Crippen LogP contribution in [0.5, 0.6) is 0 Å². The third-order valence-corrected chi connectivity index (χ3v) is 5.87. The molecule has 0 fully saturated rings. The predicted octanol–water partition coefficient (Wildman–Crippen LogP) is 6.12. The predicted molar refractivity (Wildman–Crippen MR) is 115 cm³/mol. The summed E-state index contributed by atoms with van der Waals surface area (Å²) < 4.78 is 40.4. The molecule has 2 heterocycles. The number of carbonyl (C=O) groups is 1. The van der Waals surface area contributed by atoms with Crippen LogP contribution in [0.25, 0.3) is 10.2 Å². The van der Waals surface area contributed by atoms with Gasteiger partial charge in [0.1, 0.15) is 0 Å². The minimum atomic E-state index is -4.53. The van der Waals surface area contributed by atoms with Crippen LogP contribution in [0.2, 0.25) is 0 Å². The molecule has 8 heteroatoms. The van der Waals surface area contributed by atoms with Crippen LogP contribution < -0.4 is 4.90 Å². The van der Waals surface area contributed by atoms with E-state index in [9.17, 15) is 18.0 Å². The van der Waals surface area contributed by atoms with Gasteiger partial charge in [-0.25, -0.2) is 4.98 Å². The Morgan fingerprint density at radius 3 is 2.61 bits per heavy atom. The van der Waals surface area contributed by atoms with Gasteiger partial charge in [0.05, 0.1) is 22.3 Å². The summed E-state index contributed by atoms with van der Waals surface area (Å²) in [7, 11) is 0. The van der Waals surface area contributed by atoms with E-state index in [1.807, 2.05) is 24.3 Å². The van der Waals surface area contributed by atoms with Crippen LogP contribution in [-0.4, -0.2) is 15.9 Å². The van der Waals surface area contributed by atoms with E-state index in [4.69, 9.17) is 0 Å². The third-order valence-electron chi connectivity index (χ3n) is 4.83. The Labute approximate surface area is 181 Å². The van der Waals surface area contributed by atoms with Crippen LogP contribution in [0, 0.1) is 0 Å². The fraction of sp³-hybridized carbons (Fsp3) is 0.174. The minimum Gasteiger partial charge on any atom is -0.279 e. The van der Waals surface area contributed by atoms with Gasteiger partial charge in [-0.15, -0.1) is 0 Å². The smallest absolute Gasteiger partial charge is 0.279 e. The molecule has 158 valence electrons. The average molecular weight is 441 g/mol. The van der Waals surface area contributed by atoms with Crippen LogP contribution in [0.4, 0.5) is 18.3 Å². The number of benzene rings is 2. The number of aryl methyl sites for hydroxylation is 1. The standard InChI is InChI=1S/C23H18F3N3OS/c1-2-15-8-9-19-20(11-15)31-22(28-19)29(14-16-5-4-10-27-13-16)21(30)17-6-3-7-18(12-17)23(24,25)26/h3-13H,2,14H2,1H3. The first kappa shape index (κ1) is 21.0. The zero-order chi connectivity index (χ0) is 22.0. The highest BCUT2D eigenvalue weighted by molar-refractivity contribution is 7.22. The molecule has 0 spiro atoms. The van der Waals surface area contributed by atoms with Crippen LogP contribution in [0.15, 0.2) is 67.0 Å². The molecule has 0 saturated carbocycles. The lowest BCUT2D eigenvalue weighted by molar-refractivity contribution is -0.137. The molecule has 0 bridgehead atoms.